The molecule has 3 nitrogen and oxygen atoms in total. The standard InChI is InChI=1S/C19H30O2S2.C6H13N/c1-19(2,3)22-14-17-11-8-15(9-12-17)7-10-16-5-4-6-18(13-16)23(20)21;7-6-4-2-1-3-5-6/h4-6,13,15,17H,7-12,14H2,1-3H3,(H,20,21);6H,1-5,7H2. The normalized spacial score (nSPS) is 24.0. The number of aryl methyl sites for hydroxylation is 1. The monoisotopic (exact) mass is 453 g/mol. The van der Waals surface area contributed by atoms with Gasteiger partial charge in [0.2, 0.25) is 0 Å². The van der Waals surface area contributed by atoms with E-state index in [0.717, 1.165) is 18.3 Å². The van der Waals surface area contributed by atoms with Gasteiger partial charge in [-0.2, -0.15) is 11.8 Å². The highest BCUT2D eigenvalue weighted by molar-refractivity contribution is 8.00. The number of benzene rings is 1. The van der Waals surface area contributed by atoms with Gasteiger partial charge in [-0.25, -0.2) is 4.21 Å². The molecule has 1 unspecified atom stereocenters. The maximum atomic E-state index is 11.1. The van der Waals surface area contributed by atoms with E-state index in [1.165, 1.54) is 75.5 Å². The van der Waals surface area contributed by atoms with E-state index >= 15 is 0 Å². The summed E-state index contributed by atoms with van der Waals surface area (Å²) in [6.45, 7) is 6.91. The Morgan fingerprint density at radius 2 is 1.67 bits per heavy atom. The number of hydrogen-bond acceptors (Lipinski definition) is 3. The third-order valence-corrected chi connectivity index (χ3v) is 8.47. The maximum Gasteiger partial charge on any atom is 0.186 e. The van der Waals surface area contributed by atoms with Crippen molar-refractivity contribution in [1.82, 2.24) is 0 Å². The van der Waals surface area contributed by atoms with Gasteiger partial charge in [0.15, 0.2) is 11.1 Å². The second kappa shape index (κ2) is 13.2. The molecule has 0 aromatic heterocycles. The van der Waals surface area contributed by atoms with Crippen molar-refractivity contribution in [2.24, 2.45) is 17.6 Å². The summed E-state index contributed by atoms with van der Waals surface area (Å²) in [6, 6.07) is 8.09. The zero-order chi connectivity index (χ0) is 22.0. The minimum Gasteiger partial charge on any atom is -0.328 e. The molecular weight excluding hydrogens is 410 g/mol. The first-order valence-electron chi connectivity index (χ1n) is 11.8. The summed E-state index contributed by atoms with van der Waals surface area (Å²) in [5.74, 6) is 3.03. The molecule has 1 atom stereocenters. The van der Waals surface area contributed by atoms with Crippen molar-refractivity contribution in [3.05, 3.63) is 29.8 Å². The fraction of sp³-hybridized carbons (Fsp3) is 0.760. The van der Waals surface area contributed by atoms with Crippen LogP contribution in [0.4, 0.5) is 0 Å². The zero-order valence-electron chi connectivity index (χ0n) is 19.3. The number of hydrogen-bond donors (Lipinski definition) is 2. The first-order chi connectivity index (χ1) is 14.2. The Bertz CT molecular complexity index is 630. The van der Waals surface area contributed by atoms with Gasteiger partial charge in [-0.1, -0.05) is 65.0 Å². The van der Waals surface area contributed by atoms with E-state index < -0.39 is 11.1 Å². The van der Waals surface area contributed by atoms with Crippen LogP contribution in [0.5, 0.6) is 0 Å². The van der Waals surface area contributed by atoms with Crippen LogP contribution in [0.2, 0.25) is 0 Å². The molecule has 2 fully saturated rings. The van der Waals surface area contributed by atoms with E-state index in [1.54, 1.807) is 6.07 Å². The smallest absolute Gasteiger partial charge is 0.186 e. The van der Waals surface area contributed by atoms with Gasteiger partial charge in [0.25, 0.3) is 0 Å². The van der Waals surface area contributed by atoms with E-state index in [-0.39, 0.29) is 0 Å². The second-order valence-corrected chi connectivity index (χ2v) is 13.0. The highest BCUT2D eigenvalue weighted by atomic mass is 32.2. The van der Waals surface area contributed by atoms with E-state index in [1.807, 2.05) is 12.1 Å². The molecule has 3 rings (SSSR count). The topological polar surface area (TPSA) is 63.3 Å². The van der Waals surface area contributed by atoms with Gasteiger partial charge in [0.1, 0.15) is 0 Å². The van der Waals surface area contributed by atoms with Crippen LogP contribution in [-0.2, 0) is 17.5 Å². The molecule has 2 aliphatic rings. The molecule has 30 heavy (non-hydrogen) atoms. The minimum absolute atomic E-state index is 0.384. The predicted octanol–water partition coefficient (Wildman–Crippen LogP) is 6.82. The van der Waals surface area contributed by atoms with Crippen molar-refractivity contribution in [2.75, 3.05) is 5.75 Å². The van der Waals surface area contributed by atoms with Gasteiger partial charge in [0, 0.05) is 10.8 Å². The lowest BCUT2D eigenvalue weighted by molar-refractivity contribution is 0.280. The van der Waals surface area contributed by atoms with Crippen molar-refractivity contribution in [3.63, 3.8) is 0 Å². The van der Waals surface area contributed by atoms with Gasteiger partial charge < -0.3 is 10.3 Å². The Balaban J connectivity index is 0.000000386. The highest BCUT2D eigenvalue weighted by Gasteiger charge is 2.23. The van der Waals surface area contributed by atoms with Crippen molar-refractivity contribution in [2.45, 2.75) is 107 Å². The van der Waals surface area contributed by atoms with Gasteiger partial charge >= 0.3 is 0 Å². The molecule has 0 bridgehead atoms. The maximum absolute atomic E-state index is 11.1. The molecule has 0 radical (unpaired) electrons. The summed E-state index contributed by atoms with van der Waals surface area (Å²) in [5.41, 5.74) is 6.82. The van der Waals surface area contributed by atoms with Gasteiger partial charge in [-0.15, -0.1) is 0 Å². The number of thioether (sulfide) groups is 1. The predicted molar refractivity (Wildman–Crippen MR) is 133 cm³/mol. The Kier molecular flexibility index (Phi) is 11.4. The Labute approximate surface area is 191 Å². The largest absolute Gasteiger partial charge is 0.328 e. The zero-order valence-corrected chi connectivity index (χ0v) is 20.9. The highest BCUT2D eigenvalue weighted by Crippen LogP contribution is 2.36. The molecule has 5 heteroatoms. The van der Waals surface area contributed by atoms with Crippen LogP contribution in [0.1, 0.15) is 90.5 Å². The van der Waals surface area contributed by atoms with E-state index in [4.69, 9.17) is 5.73 Å². The Hall–Kier alpha value is -0.360. The minimum atomic E-state index is -1.86. The fourth-order valence-electron chi connectivity index (χ4n) is 4.37. The molecule has 0 heterocycles. The molecule has 3 N–H and O–H groups in total. The molecule has 1 aromatic carbocycles. The lowest BCUT2D eigenvalue weighted by Gasteiger charge is -2.30. The molecule has 2 saturated carbocycles. The van der Waals surface area contributed by atoms with Crippen molar-refractivity contribution in [1.29, 1.82) is 0 Å². The Morgan fingerprint density at radius 3 is 2.20 bits per heavy atom. The molecule has 0 spiro atoms. The van der Waals surface area contributed by atoms with Crippen molar-refractivity contribution in [3.8, 4) is 0 Å². The number of rotatable bonds is 6. The van der Waals surface area contributed by atoms with E-state index in [2.05, 4.69) is 38.6 Å². The van der Waals surface area contributed by atoms with Gasteiger partial charge in [-0.05, 0) is 73.8 Å². The summed E-state index contributed by atoms with van der Waals surface area (Å²) < 4.78 is 20.7. The first kappa shape index (κ1) is 25.9. The van der Waals surface area contributed by atoms with Gasteiger partial charge in [0.05, 0.1) is 4.90 Å². The second-order valence-electron chi connectivity index (χ2n) is 10.1. The van der Waals surface area contributed by atoms with Crippen LogP contribution in [0.3, 0.4) is 0 Å². The number of nitrogens with two attached hydrogens (primary N) is 1. The average molecular weight is 454 g/mol. The van der Waals surface area contributed by atoms with Crippen molar-refractivity contribution < 1.29 is 8.76 Å². The molecule has 172 valence electrons. The lowest BCUT2D eigenvalue weighted by atomic mass is 9.80. The third-order valence-electron chi connectivity index (χ3n) is 6.31. The molecule has 1 aromatic rings. The summed E-state index contributed by atoms with van der Waals surface area (Å²) in [5, 5.41) is 0. The fourth-order valence-corrected chi connectivity index (χ4v) is 5.89. The van der Waals surface area contributed by atoms with Crippen LogP contribution in [0, 0.1) is 11.8 Å². The summed E-state index contributed by atoms with van der Waals surface area (Å²) in [7, 11) is 0. The summed E-state index contributed by atoms with van der Waals surface area (Å²) in [4.78, 5) is 0.519. The lowest BCUT2D eigenvalue weighted by Crippen LogP contribution is -2.22. The van der Waals surface area contributed by atoms with Crippen molar-refractivity contribution >= 4 is 22.8 Å². The molecule has 0 saturated heterocycles. The molecule has 0 amide bonds. The first-order valence-corrected chi connectivity index (χ1v) is 13.9. The van der Waals surface area contributed by atoms with Crippen LogP contribution >= 0.6 is 11.8 Å². The summed E-state index contributed by atoms with van der Waals surface area (Å²) >= 11 is 0.239. The summed E-state index contributed by atoms with van der Waals surface area (Å²) in [6.07, 6.45) is 14.3. The van der Waals surface area contributed by atoms with Crippen LogP contribution in [-0.4, -0.2) is 25.3 Å². The Morgan fingerprint density at radius 1 is 1.03 bits per heavy atom. The van der Waals surface area contributed by atoms with Crippen LogP contribution in [0.15, 0.2) is 29.2 Å². The SMILES string of the molecule is CC(C)(C)SCC1CCC(CCc2cccc(S(=O)O)c2)CC1.NC1CCCCC1. The molecular formula is C25H43NO2S2. The molecule has 2 aliphatic carbocycles. The van der Waals surface area contributed by atoms with E-state index in [9.17, 15) is 8.76 Å². The van der Waals surface area contributed by atoms with Crippen LogP contribution < -0.4 is 5.73 Å². The van der Waals surface area contributed by atoms with E-state index in [0.29, 0.717) is 15.7 Å². The third kappa shape index (κ3) is 10.8. The van der Waals surface area contributed by atoms with Crippen LogP contribution in [0.25, 0.3) is 0 Å². The quantitative estimate of drug-likeness (QED) is 0.464. The average Bonchev–Trinajstić information content (AvgIpc) is 2.72. The van der Waals surface area contributed by atoms with Gasteiger partial charge in [-0.3, -0.25) is 0 Å². The molecule has 0 aliphatic heterocycles.